The molecule has 7 heteroatoms. The molecule has 0 spiro atoms. The van der Waals surface area contributed by atoms with Gasteiger partial charge in [0.15, 0.2) is 0 Å². The molecule has 2 aliphatic rings. The smallest absolute Gasteiger partial charge is 0.320 e. The summed E-state index contributed by atoms with van der Waals surface area (Å²) in [5, 5.41) is 9.33. The van der Waals surface area contributed by atoms with Crippen LogP contribution in [-0.2, 0) is 14.3 Å². The highest BCUT2D eigenvalue weighted by molar-refractivity contribution is 5.80. The van der Waals surface area contributed by atoms with Crippen LogP contribution in [0.1, 0.15) is 30.9 Å². The molecule has 2 unspecified atom stereocenters. The number of morpholine rings is 1. The summed E-state index contributed by atoms with van der Waals surface area (Å²) in [5.74, 6) is -1.25. The molecular weight excluding hydrogens is 327 g/mol. The van der Waals surface area contributed by atoms with Crippen molar-refractivity contribution in [3.8, 4) is 0 Å². The number of hydrogen-bond donors (Lipinski definition) is 1. The molecule has 6 nitrogen and oxygen atoms in total. The first-order valence-corrected chi connectivity index (χ1v) is 8.66. The van der Waals surface area contributed by atoms with Gasteiger partial charge in [-0.3, -0.25) is 14.5 Å². The van der Waals surface area contributed by atoms with Crippen molar-refractivity contribution >= 4 is 11.9 Å². The van der Waals surface area contributed by atoms with Crippen LogP contribution in [0.5, 0.6) is 0 Å². The van der Waals surface area contributed by atoms with Gasteiger partial charge < -0.3 is 14.7 Å². The standard InChI is InChI=1S/C18H23FN2O4/c19-14-6-4-13(5-7-14)16-11-21(9-10-25-16)17(22)12-20-8-2-1-3-15(20)18(23)24/h4-7,15-16H,1-3,8-12H2,(H,23,24). The van der Waals surface area contributed by atoms with Crippen LogP contribution in [0.25, 0.3) is 0 Å². The summed E-state index contributed by atoms with van der Waals surface area (Å²) >= 11 is 0. The van der Waals surface area contributed by atoms with Gasteiger partial charge in [0.05, 0.1) is 19.7 Å². The van der Waals surface area contributed by atoms with E-state index in [0.717, 1.165) is 18.4 Å². The first kappa shape index (κ1) is 17.8. The molecule has 2 fully saturated rings. The summed E-state index contributed by atoms with van der Waals surface area (Å²) in [6.07, 6.45) is 2.10. The Morgan fingerprint density at radius 1 is 1.20 bits per heavy atom. The summed E-state index contributed by atoms with van der Waals surface area (Å²) in [6, 6.07) is 5.51. The molecule has 1 amide bonds. The quantitative estimate of drug-likeness (QED) is 0.894. The third kappa shape index (κ3) is 4.35. The number of carboxylic acid groups (broad SMARTS) is 1. The van der Waals surface area contributed by atoms with Crippen LogP contribution in [0.15, 0.2) is 24.3 Å². The number of benzene rings is 1. The maximum absolute atomic E-state index is 13.1. The first-order valence-electron chi connectivity index (χ1n) is 8.66. The molecule has 0 radical (unpaired) electrons. The fourth-order valence-electron chi connectivity index (χ4n) is 3.49. The number of carbonyl (C=O) groups is 2. The average molecular weight is 350 g/mol. The molecule has 2 heterocycles. The summed E-state index contributed by atoms with van der Waals surface area (Å²) in [4.78, 5) is 27.5. The minimum absolute atomic E-state index is 0.0800. The number of amides is 1. The lowest BCUT2D eigenvalue weighted by Gasteiger charge is -2.37. The van der Waals surface area contributed by atoms with E-state index >= 15 is 0 Å². The maximum atomic E-state index is 13.1. The number of carbonyl (C=O) groups excluding carboxylic acids is 1. The molecule has 3 rings (SSSR count). The van der Waals surface area contributed by atoms with Crippen LogP contribution in [-0.4, -0.2) is 65.6 Å². The Morgan fingerprint density at radius 2 is 1.96 bits per heavy atom. The van der Waals surface area contributed by atoms with Crippen molar-refractivity contribution in [1.29, 1.82) is 0 Å². The fraction of sp³-hybridized carbons (Fsp3) is 0.556. The Bertz CT molecular complexity index is 622. The molecule has 0 aliphatic carbocycles. The van der Waals surface area contributed by atoms with E-state index in [2.05, 4.69) is 0 Å². The largest absolute Gasteiger partial charge is 0.480 e. The van der Waals surface area contributed by atoms with E-state index in [0.29, 0.717) is 32.7 Å². The molecule has 2 saturated heterocycles. The van der Waals surface area contributed by atoms with E-state index in [1.807, 2.05) is 0 Å². The summed E-state index contributed by atoms with van der Waals surface area (Å²) in [5.41, 5.74) is 0.834. The minimum Gasteiger partial charge on any atom is -0.480 e. The van der Waals surface area contributed by atoms with Gasteiger partial charge in [0, 0.05) is 6.54 Å². The monoisotopic (exact) mass is 350 g/mol. The van der Waals surface area contributed by atoms with Crippen LogP contribution in [0, 0.1) is 5.82 Å². The zero-order chi connectivity index (χ0) is 17.8. The van der Waals surface area contributed by atoms with E-state index in [1.54, 1.807) is 21.9 Å². The van der Waals surface area contributed by atoms with Crippen molar-refractivity contribution in [1.82, 2.24) is 9.80 Å². The van der Waals surface area contributed by atoms with E-state index in [1.165, 1.54) is 12.1 Å². The molecule has 1 N–H and O–H groups in total. The zero-order valence-corrected chi connectivity index (χ0v) is 14.1. The summed E-state index contributed by atoms with van der Waals surface area (Å²) < 4.78 is 18.8. The molecular formula is C18H23FN2O4. The molecule has 0 saturated carbocycles. The first-order chi connectivity index (χ1) is 12.0. The Morgan fingerprint density at radius 3 is 2.68 bits per heavy atom. The molecule has 25 heavy (non-hydrogen) atoms. The topological polar surface area (TPSA) is 70.1 Å². The molecule has 2 atom stereocenters. The van der Waals surface area contributed by atoms with Gasteiger partial charge in [-0.05, 0) is 37.1 Å². The Labute approximate surface area is 146 Å². The molecule has 1 aromatic rings. The lowest BCUT2D eigenvalue weighted by molar-refractivity contribution is -0.148. The van der Waals surface area contributed by atoms with Crippen molar-refractivity contribution in [2.75, 3.05) is 32.8 Å². The number of carboxylic acids is 1. The Kier molecular flexibility index (Phi) is 5.65. The Hall–Kier alpha value is -1.99. The van der Waals surface area contributed by atoms with Gasteiger partial charge in [0.25, 0.3) is 0 Å². The molecule has 0 aromatic heterocycles. The van der Waals surface area contributed by atoms with Crippen LogP contribution < -0.4 is 0 Å². The van der Waals surface area contributed by atoms with Gasteiger partial charge in [-0.1, -0.05) is 18.6 Å². The lowest BCUT2D eigenvalue weighted by Crippen LogP contribution is -2.51. The number of aliphatic carboxylic acids is 1. The number of piperidine rings is 1. The van der Waals surface area contributed by atoms with Gasteiger partial charge in [-0.25, -0.2) is 4.39 Å². The van der Waals surface area contributed by atoms with Crippen LogP contribution in [0.3, 0.4) is 0 Å². The highest BCUT2D eigenvalue weighted by Gasteiger charge is 2.32. The van der Waals surface area contributed by atoms with Gasteiger partial charge in [0.2, 0.25) is 5.91 Å². The number of likely N-dealkylation sites (tertiary alicyclic amines) is 1. The fourth-order valence-corrected chi connectivity index (χ4v) is 3.49. The van der Waals surface area contributed by atoms with Crippen LogP contribution in [0.2, 0.25) is 0 Å². The number of nitrogens with zero attached hydrogens (tertiary/aromatic N) is 2. The van der Waals surface area contributed by atoms with Gasteiger partial charge >= 0.3 is 5.97 Å². The van der Waals surface area contributed by atoms with Crippen molar-refractivity contribution < 1.29 is 23.8 Å². The highest BCUT2D eigenvalue weighted by atomic mass is 19.1. The third-order valence-electron chi connectivity index (χ3n) is 4.90. The van der Waals surface area contributed by atoms with Crippen molar-refractivity contribution in [3.05, 3.63) is 35.6 Å². The third-order valence-corrected chi connectivity index (χ3v) is 4.90. The number of rotatable bonds is 4. The van der Waals surface area contributed by atoms with Gasteiger partial charge in [-0.15, -0.1) is 0 Å². The predicted octanol–water partition coefficient (Wildman–Crippen LogP) is 1.66. The lowest BCUT2D eigenvalue weighted by atomic mass is 10.0. The van der Waals surface area contributed by atoms with E-state index < -0.39 is 12.0 Å². The maximum Gasteiger partial charge on any atom is 0.320 e. The second kappa shape index (κ2) is 7.93. The predicted molar refractivity (Wildman–Crippen MR) is 88.5 cm³/mol. The summed E-state index contributed by atoms with van der Waals surface area (Å²) in [6.45, 7) is 2.05. The van der Waals surface area contributed by atoms with Crippen molar-refractivity contribution in [3.63, 3.8) is 0 Å². The van der Waals surface area contributed by atoms with Crippen molar-refractivity contribution in [2.24, 2.45) is 0 Å². The van der Waals surface area contributed by atoms with E-state index in [9.17, 15) is 19.1 Å². The SMILES string of the molecule is O=C(O)C1CCCCN1CC(=O)N1CCOC(c2ccc(F)cc2)C1. The highest BCUT2D eigenvalue weighted by Crippen LogP contribution is 2.23. The minimum atomic E-state index is -0.862. The molecule has 0 bridgehead atoms. The normalized spacial score (nSPS) is 24.9. The van der Waals surface area contributed by atoms with E-state index in [4.69, 9.17) is 4.74 Å². The number of hydrogen-bond acceptors (Lipinski definition) is 4. The summed E-state index contributed by atoms with van der Waals surface area (Å²) in [7, 11) is 0. The van der Waals surface area contributed by atoms with Crippen molar-refractivity contribution in [2.45, 2.75) is 31.4 Å². The average Bonchev–Trinajstić information content (AvgIpc) is 2.62. The van der Waals surface area contributed by atoms with Crippen LogP contribution in [0.4, 0.5) is 4.39 Å². The second-order valence-electron chi connectivity index (χ2n) is 6.57. The molecule has 136 valence electrons. The van der Waals surface area contributed by atoms with Crippen LogP contribution >= 0.6 is 0 Å². The zero-order valence-electron chi connectivity index (χ0n) is 14.1. The Balaban J connectivity index is 1.61. The van der Waals surface area contributed by atoms with E-state index in [-0.39, 0.29) is 24.4 Å². The number of ether oxygens (including phenoxy) is 1. The van der Waals surface area contributed by atoms with Gasteiger partial charge in [-0.2, -0.15) is 0 Å². The molecule has 1 aromatic carbocycles. The molecule has 2 aliphatic heterocycles. The number of halogens is 1. The second-order valence-corrected chi connectivity index (χ2v) is 6.57. The van der Waals surface area contributed by atoms with Gasteiger partial charge in [0.1, 0.15) is 18.0 Å².